The van der Waals surface area contributed by atoms with Gasteiger partial charge < -0.3 is 14.6 Å². The molecule has 7 nitrogen and oxygen atoms in total. The van der Waals surface area contributed by atoms with Crippen molar-refractivity contribution in [2.75, 3.05) is 0 Å². The lowest BCUT2D eigenvalue weighted by Gasteiger charge is -2.11. The van der Waals surface area contributed by atoms with E-state index in [0.717, 1.165) is 33.6 Å². The number of hydrogen-bond acceptors (Lipinski definition) is 5. The molecule has 0 aliphatic heterocycles. The molecule has 0 bridgehead atoms. The van der Waals surface area contributed by atoms with Crippen LogP contribution in [0.5, 0.6) is 5.75 Å². The van der Waals surface area contributed by atoms with Gasteiger partial charge in [0.05, 0.1) is 28.5 Å². The summed E-state index contributed by atoms with van der Waals surface area (Å²) in [6, 6.07) is 6.01. The lowest BCUT2D eigenvalue weighted by atomic mass is 10.1. The molecule has 1 aromatic carbocycles. The maximum absolute atomic E-state index is 12.7. The van der Waals surface area contributed by atoms with E-state index in [0.29, 0.717) is 17.9 Å². The summed E-state index contributed by atoms with van der Waals surface area (Å²) in [6.45, 7) is 9.01. The quantitative estimate of drug-likeness (QED) is 0.590. The number of rotatable bonds is 7. The van der Waals surface area contributed by atoms with Gasteiger partial charge in [0.1, 0.15) is 18.1 Å². The molecule has 0 aliphatic rings. The third kappa shape index (κ3) is 4.27. The van der Waals surface area contributed by atoms with Gasteiger partial charge in [-0.2, -0.15) is 5.10 Å². The van der Waals surface area contributed by atoms with Gasteiger partial charge in [0.15, 0.2) is 5.69 Å². The Hall–Kier alpha value is -2.61. The van der Waals surface area contributed by atoms with Crippen molar-refractivity contribution in [3.05, 3.63) is 62.7 Å². The summed E-state index contributed by atoms with van der Waals surface area (Å²) in [7, 11) is 0. The molecule has 28 heavy (non-hydrogen) atoms. The summed E-state index contributed by atoms with van der Waals surface area (Å²) >= 11 is 3.46. The van der Waals surface area contributed by atoms with Crippen LogP contribution in [-0.2, 0) is 19.7 Å². The Morgan fingerprint density at radius 2 is 2.11 bits per heavy atom. The molecule has 0 atom stereocenters. The second-order valence-electron chi connectivity index (χ2n) is 6.56. The predicted octanol–water partition coefficient (Wildman–Crippen LogP) is 4.09. The molecule has 0 saturated heterocycles. The highest BCUT2D eigenvalue weighted by Crippen LogP contribution is 2.23. The average molecular weight is 447 g/mol. The van der Waals surface area contributed by atoms with Crippen LogP contribution < -0.4 is 10.1 Å². The Kier molecular flexibility index (Phi) is 6.18. The molecule has 2 heterocycles. The zero-order valence-corrected chi connectivity index (χ0v) is 18.0. The molecule has 148 valence electrons. The van der Waals surface area contributed by atoms with E-state index in [1.165, 1.54) is 0 Å². The lowest BCUT2D eigenvalue weighted by Crippen LogP contribution is -2.26. The fraction of sp³-hybridized carbons (Fsp3) is 0.350. The number of hydrogen-bond donors (Lipinski definition) is 1. The zero-order chi connectivity index (χ0) is 20.3. The van der Waals surface area contributed by atoms with E-state index in [2.05, 4.69) is 31.5 Å². The van der Waals surface area contributed by atoms with Gasteiger partial charge in [-0.25, -0.2) is 0 Å². The van der Waals surface area contributed by atoms with Crippen molar-refractivity contribution < 1.29 is 14.1 Å². The van der Waals surface area contributed by atoms with Crippen molar-refractivity contribution in [1.29, 1.82) is 0 Å². The first-order chi connectivity index (χ1) is 13.4. The molecule has 0 fully saturated rings. The second kappa shape index (κ2) is 8.60. The molecule has 1 N–H and O–H groups in total. The van der Waals surface area contributed by atoms with Crippen LogP contribution in [0.25, 0.3) is 0 Å². The molecule has 0 aliphatic carbocycles. The predicted molar refractivity (Wildman–Crippen MR) is 108 cm³/mol. The number of amides is 1. The molecule has 1 amide bonds. The number of halogens is 1. The van der Waals surface area contributed by atoms with Gasteiger partial charge in [-0.3, -0.25) is 9.48 Å². The minimum atomic E-state index is -0.313. The largest absolute Gasteiger partial charge is 0.488 e. The van der Waals surface area contributed by atoms with Gasteiger partial charge in [0.25, 0.3) is 5.91 Å². The first-order valence-corrected chi connectivity index (χ1v) is 9.83. The number of carbonyl (C=O) groups is 1. The molecular formula is C20H23BrN4O3. The standard InChI is InChI=1S/C20H23BrN4O3/c1-5-25-17(16(21)9-23-25)10-22-20(26)19-15(14(4)28-24-19)11-27-18-8-12(2)6-7-13(18)3/h6-9H,5,10-11H2,1-4H3,(H,22,26). The average Bonchev–Trinajstić information content (AvgIpc) is 3.22. The molecule has 0 radical (unpaired) electrons. The van der Waals surface area contributed by atoms with Crippen molar-refractivity contribution in [1.82, 2.24) is 20.3 Å². The monoisotopic (exact) mass is 446 g/mol. The first kappa shape index (κ1) is 20.1. The van der Waals surface area contributed by atoms with Crippen LogP contribution in [0.2, 0.25) is 0 Å². The summed E-state index contributed by atoms with van der Waals surface area (Å²) in [6.07, 6.45) is 1.72. The first-order valence-electron chi connectivity index (χ1n) is 9.04. The van der Waals surface area contributed by atoms with Crippen LogP contribution in [-0.4, -0.2) is 20.8 Å². The van der Waals surface area contributed by atoms with Gasteiger partial charge in [0, 0.05) is 6.54 Å². The SMILES string of the molecule is CCn1ncc(Br)c1CNC(=O)c1noc(C)c1COc1cc(C)ccc1C. The topological polar surface area (TPSA) is 82.2 Å². The molecular weight excluding hydrogens is 424 g/mol. The Bertz CT molecular complexity index is 993. The highest BCUT2D eigenvalue weighted by Gasteiger charge is 2.21. The van der Waals surface area contributed by atoms with Crippen molar-refractivity contribution in [2.45, 2.75) is 47.4 Å². The van der Waals surface area contributed by atoms with E-state index in [-0.39, 0.29) is 18.2 Å². The van der Waals surface area contributed by atoms with E-state index >= 15 is 0 Å². The number of nitrogens with one attached hydrogen (secondary N) is 1. The molecule has 0 saturated carbocycles. The summed E-state index contributed by atoms with van der Waals surface area (Å²) in [5, 5.41) is 11.1. The Labute approximate surface area is 172 Å². The number of ether oxygens (including phenoxy) is 1. The summed E-state index contributed by atoms with van der Waals surface area (Å²) < 4.78 is 13.9. The number of aromatic nitrogens is 3. The lowest BCUT2D eigenvalue weighted by molar-refractivity contribution is 0.0938. The Morgan fingerprint density at radius 3 is 2.86 bits per heavy atom. The van der Waals surface area contributed by atoms with Gasteiger partial charge in [0.2, 0.25) is 0 Å². The maximum Gasteiger partial charge on any atom is 0.274 e. The van der Waals surface area contributed by atoms with Crippen molar-refractivity contribution in [3.8, 4) is 5.75 Å². The molecule has 0 spiro atoms. The molecule has 2 aromatic heterocycles. The van der Waals surface area contributed by atoms with Crippen LogP contribution in [0, 0.1) is 20.8 Å². The van der Waals surface area contributed by atoms with E-state index in [9.17, 15) is 4.79 Å². The van der Waals surface area contributed by atoms with Gasteiger partial charge in [-0.05, 0) is 60.8 Å². The summed E-state index contributed by atoms with van der Waals surface area (Å²) in [5.41, 5.74) is 3.91. The zero-order valence-electron chi connectivity index (χ0n) is 16.4. The molecule has 0 unspecified atom stereocenters. The fourth-order valence-corrected chi connectivity index (χ4v) is 3.27. The summed E-state index contributed by atoms with van der Waals surface area (Å²) in [5.74, 6) is 1.03. The van der Waals surface area contributed by atoms with Gasteiger partial charge >= 0.3 is 0 Å². The van der Waals surface area contributed by atoms with Gasteiger partial charge in [-0.1, -0.05) is 17.3 Å². The number of nitrogens with zero attached hydrogens (tertiary/aromatic N) is 3. The second-order valence-corrected chi connectivity index (χ2v) is 7.42. The fourth-order valence-electron chi connectivity index (χ4n) is 2.84. The van der Waals surface area contributed by atoms with E-state index < -0.39 is 0 Å². The number of aryl methyl sites for hydroxylation is 4. The molecule has 3 aromatic rings. The Balaban J connectivity index is 1.72. The van der Waals surface area contributed by atoms with Crippen LogP contribution in [0.15, 0.2) is 33.4 Å². The van der Waals surface area contributed by atoms with Crippen molar-refractivity contribution >= 4 is 21.8 Å². The highest BCUT2D eigenvalue weighted by atomic mass is 79.9. The summed E-state index contributed by atoms with van der Waals surface area (Å²) in [4.78, 5) is 12.7. The van der Waals surface area contributed by atoms with Crippen LogP contribution in [0.4, 0.5) is 0 Å². The van der Waals surface area contributed by atoms with Crippen molar-refractivity contribution in [2.24, 2.45) is 0 Å². The van der Waals surface area contributed by atoms with Crippen LogP contribution in [0.1, 0.15) is 45.6 Å². The smallest absolute Gasteiger partial charge is 0.274 e. The van der Waals surface area contributed by atoms with Gasteiger partial charge in [-0.15, -0.1) is 0 Å². The highest BCUT2D eigenvalue weighted by molar-refractivity contribution is 9.10. The van der Waals surface area contributed by atoms with Crippen molar-refractivity contribution in [3.63, 3.8) is 0 Å². The number of benzene rings is 1. The third-order valence-electron chi connectivity index (χ3n) is 4.53. The van der Waals surface area contributed by atoms with Crippen LogP contribution in [0.3, 0.4) is 0 Å². The number of carbonyl (C=O) groups excluding carboxylic acids is 1. The minimum absolute atomic E-state index is 0.207. The van der Waals surface area contributed by atoms with E-state index in [1.807, 2.05) is 43.7 Å². The maximum atomic E-state index is 12.7. The molecule has 8 heteroatoms. The minimum Gasteiger partial charge on any atom is -0.488 e. The normalized spacial score (nSPS) is 10.9. The van der Waals surface area contributed by atoms with Crippen LogP contribution >= 0.6 is 15.9 Å². The van der Waals surface area contributed by atoms with E-state index in [4.69, 9.17) is 9.26 Å². The Morgan fingerprint density at radius 1 is 1.32 bits per heavy atom. The third-order valence-corrected chi connectivity index (χ3v) is 5.19. The van der Waals surface area contributed by atoms with E-state index in [1.54, 1.807) is 13.1 Å². The molecule has 3 rings (SSSR count).